The van der Waals surface area contributed by atoms with Gasteiger partial charge in [-0.3, -0.25) is 9.05 Å². The summed E-state index contributed by atoms with van der Waals surface area (Å²) in [6.45, 7) is 5.94. The van der Waals surface area contributed by atoms with Gasteiger partial charge in [0, 0.05) is 13.0 Å². The van der Waals surface area contributed by atoms with E-state index in [1.807, 2.05) is 6.92 Å². The minimum absolute atomic E-state index is 0.0472. The second-order valence-electron chi connectivity index (χ2n) is 6.30. The zero-order chi connectivity index (χ0) is 19.6. The molecule has 0 amide bonds. The SMILES string of the molecule is CCOC[C@H]1O[C@@H](n2cnc3c(C)cc(F)cc32)C[C@@H]1OP(=O)(O)OCC. The van der Waals surface area contributed by atoms with Crippen molar-refractivity contribution in [1.82, 2.24) is 9.55 Å². The summed E-state index contributed by atoms with van der Waals surface area (Å²) >= 11 is 0. The van der Waals surface area contributed by atoms with Gasteiger partial charge in [0.2, 0.25) is 0 Å². The number of imidazole rings is 1. The van der Waals surface area contributed by atoms with Gasteiger partial charge in [0.15, 0.2) is 0 Å². The highest BCUT2D eigenvalue weighted by Gasteiger charge is 2.42. The van der Waals surface area contributed by atoms with Crippen LogP contribution in [0.15, 0.2) is 18.5 Å². The number of fused-ring (bicyclic) bond motifs is 1. The van der Waals surface area contributed by atoms with E-state index in [0.717, 1.165) is 5.56 Å². The largest absolute Gasteiger partial charge is 0.472 e. The summed E-state index contributed by atoms with van der Waals surface area (Å²) in [7, 11) is -4.20. The predicted octanol–water partition coefficient (Wildman–Crippen LogP) is 3.33. The summed E-state index contributed by atoms with van der Waals surface area (Å²) in [4.78, 5) is 14.2. The van der Waals surface area contributed by atoms with Gasteiger partial charge in [0.1, 0.15) is 24.3 Å². The summed E-state index contributed by atoms with van der Waals surface area (Å²) in [5.74, 6) is -0.366. The third-order valence-electron chi connectivity index (χ3n) is 4.37. The quantitative estimate of drug-likeness (QED) is 0.677. The van der Waals surface area contributed by atoms with Crippen molar-refractivity contribution in [2.24, 2.45) is 0 Å². The maximum atomic E-state index is 13.9. The van der Waals surface area contributed by atoms with Crippen molar-refractivity contribution < 1.29 is 32.4 Å². The van der Waals surface area contributed by atoms with Crippen LogP contribution in [0.1, 0.15) is 32.1 Å². The molecular weight excluding hydrogens is 378 g/mol. The molecule has 1 aliphatic rings. The van der Waals surface area contributed by atoms with E-state index in [2.05, 4.69) is 4.98 Å². The van der Waals surface area contributed by atoms with E-state index in [1.165, 1.54) is 12.1 Å². The summed E-state index contributed by atoms with van der Waals surface area (Å²) < 4.78 is 49.1. The summed E-state index contributed by atoms with van der Waals surface area (Å²) in [5.41, 5.74) is 1.98. The molecule has 0 saturated carbocycles. The third kappa shape index (κ3) is 4.56. The highest BCUT2D eigenvalue weighted by atomic mass is 31.2. The minimum Gasteiger partial charge on any atom is -0.379 e. The average molecular weight is 402 g/mol. The molecule has 1 saturated heterocycles. The molecule has 0 spiro atoms. The molecule has 27 heavy (non-hydrogen) atoms. The molecule has 1 aromatic heterocycles. The van der Waals surface area contributed by atoms with Crippen LogP contribution in [0.3, 0.4) is 0 Å². The molecule has 150 valence electrons. The average Bonchev–Trinajstić information content (AvgIpc) is 3.16. The molecule has 0 bridgehead atoms. The van der Waals surface area contributed by atoms with Gasteiger partial charge in [-0.25, -0.2) is 13.9 Å². The first-order valence-electron chi connectivity index (χ1n) is 8.86. The lowest BCUT2D eigenvalue weighted by Gasteiger charge is -2.20. The third-order valence-corrected chi connectivity index (χ3v) is 5.49. The van der Waals surface area contributed by atoms with Gasteiger partial charge >= 0.3 is 7.82 Å². The van der Waals surface area contributed by atoms with Crippen LogP contribution in [0.2, 0.25) is 0 Å². The van der Waals surface area contributed by atoms with Gasteiger partial charge in [0.25, 0.3) is 0 Å². The van der Waals surface area contributed by atoms with Crippen LogP contribution >= 0.6 is 7.82 Å². The molecule has 8 nitrogen and oxygen atoms in total. The van der Waals surface area contributed by atoms with Crippen LogP contribution in [0, 0.1) is 12.7 Å². The smallest absolute Gasteiger partial charge is 0.379 e. The maximum Gasteiger partial charge on any atom is 0.472 e. The topological polar surface area (TPSA) is 92.0 Å². The number of benzene rings is 1. The van der Waals surface area contributed by atoms with Gasteiger partial charge in [0.05, 0.1) is 30.6 Å². The first kappa shape index (κ1) is 20.4. The lowest BCUT2D eigenvalue weighted by atomic mass is 10.2. The zero-order valence-corrected chi connectivity index (χ0v) is 16.4. The van der Waals surface area contributed by atoms with Gasteiger partial charge in [-0.05, 0) is 38.5 Å². The van der Waals surface area contributed by atoms with Crippen molar-refractivity contribution in [3.05, 3.63) is 29.8 Å². The van der Waals surface area contributed by atoms with Crippen LogP contribution in [-0.2, 0) is 23.1 Å². The molecule has 1 unspecified atom stereocenters. The molecule has 0 radical (unpaired) electrons. The van der Waals surface area contributed by atoms with Crippen molar-refractivity contribution >= 4 is 18.9 Å². The molecule has 0 aliphatic carbocycles. The highest BCUT2D eigenvalue weighted by Crippen LogP contribution is 2.48. The first-order chi connectivity index (χ1) is 12.8. The standard InChI is InChI=1S/C17H24FN2O6P/c1-4-23-9-15-14(26-27(21,22)24-5-2)8-16(25-15)20-10-19-17-11(3)6-12(18)7-13(17)20/h6-7,10,14-16H,4-5,8-9H2,1-3H3,(H,21,22)/t14-,15+,16+/m0/s1. The zero-order valence-electron chi connectivity index (χ0n) is 15.5. The van der Waals surface area contributed by atoms with E-state index in [9.17, 15) is 13.8 Å². The molecular formula is C17H24FN2O6P. The van der Waals surface area contributed by atoms with Crippen LogP contribution < -0.4 is 0 Å². The molecule has 1 aromatic carbocycles. The number of hydrogen-bond donors (Lipinski definition) is 1. The summed E-state index contributed by atoms with van der Waals surface area (Å²) in [6.07, 6.45) is 0.0339. The maximum absolute atomic E-state index is 13.9. The molecule has 1 aliphatic heterocycles. The second kappa shape index (κ2) is 8.34. The number of rotatable bonds is 8. The van der Waals surface area contributed by atoms with Crippen LogP contribution in [-0.4, -0.2) is 46.5 Å². The molecule has 2 aromatic rings. The Bertz CT molecular complexity index is 844. The molecule has 1 fully saturated rings. The number of aromatic nitrogens is 2. The molecule has 4 atom stereocenters. The van der Waals surface area contributed by atoms with Crippen LogP contribution in [0.25, 0.3) is 11.0 Å². The fraction of sp³-hybridized carbons (Fsp3) is 0.588. The number of halogens is 1. The number of ether oxygens (including phenoxy) is 2. The Hall–Kier alpha value is -1.35. The lowest BCUT2D eigenvalue weighted by molar-refractivity contribution is -0.0593. The number of hydrogen-bond acceptors (Lipinski definition) is 6. The Morgan fingerprint density at radius 2 is 2.19 bits per heavy atom. The van der Waals surface area contributed by atoms with Crippen LogP contribution in [0.5, 0.6) is 0 Å². The monoisotopic (exact) mass is 402 g/mol. The Morgan fingerprint density at radius 3 is 2.89 bits per heavy atom. The van der Waals surface area contributed by atoms with E-state index in [4.69, 9.17) is 18.5 Å². The summed E-state index contributed by atoms with van der Waals surface area (Å²) in [6, 6.07) is 2.81. The number of phosphoric ester groups is 1. The minimum atomic E-state index is -4.20. The van der Waals surface area contributed by atoms with E-state index >= 15 is 0 Å². The predicted molar refractivity (Wildman–Crippen MR) is 95.8 cm³/mol. The van der Waals surface area contributed by atoms with E-state index in [-0.39, 0.29) is 25.5 Å². The second-order valence-corrected chi connectivity index (χ2v) is 7.70. The fourth-order valence-corrected chi connectivity index (χ4v) is 4.18. The molecule has 3 rings (SSSR count). The molecule has 1 N–H and O–H groups in total. The van der Waals surface area contributed by atoms with Gasteiger partial charge in [-0.15, -0.1) is 0 Å². The van der Waals surface area contributed by atoms with E-state index in [1.54, 1.807) is 24.7 Å². The van der Waals surface area contributed by atoms with E-state index in [0.29, 0.717) is 17.6 Å². The number of nitrogens with zero attached hydrogens (tertiary/aromatic N) is 2. The van der Waals surface area contributed by atoms with Crippen molar-refractivity contribution in [3.63, 3.8) is 0 Å². The molecule has 10 heteroatoms. The first-order valence-corrected chi connectivity index (χ1v) is 10.4. The van der Waals surface area contributed by atoms with E-state index < -0.39 is 26.3 Å². The Labute approximate surface area is 156 Å². The number of phosphoric acid groups is 1. The van der Waals surface area contributed by atoms with Crippen LogP contribution in [0.4, 0.5) is 4.39 Å². The summed E-state index contributed by atoms with van der Waals surface area (Å²) in [5, 5.41) is 0. The Kier molecular flexibility index (Phi) is 6.30. The fourth-order valence-electron chi connectivity index (χ4n) is 3.23. The highest BCUT2D eigenvalue weighted by molar-refractivity contribution is 7.47. The lowest BCUT2D eigenvalue weighted by Crippen LogP contribution is -2.28. The molecule has 2 heterocycles. The van der Waals surface area contributed by atoms with Gasteiger partial charge < -0.3 is 18.9 Å². The van der Waals surface area contributed by atoms with Crippen molar-refractivity contribution in [3.8, 4) is 0 Å². The van der Waals surface area contributed by atoms with Crippen molar-refractivity contribution in [1.29, 1.82) is 0 Å². The van der Waals surface area contributed by atoms with Gasteiger partial charge in [-0.1, -0.05) is 0 Å². The normalized spacial score (nSPS) is 25.1. The Balaban J connectivity index is 1.86. The number of aryl methyl sites for hydroxylation is 1. The van der Waals surface area contributed by atoms with Gasteiger partial charge in [-0.2, -0.15) is 0 Å². The van der Waals surface area contributed by atoms with Crippen molar-refractivity contribution in [2.75, 3.05) is 19.8 Å². The van der Waals surface area contributed by atoms with Crippen molar-refractivity contribution in [2.45, 2.75) is 45.6 Å². The Morgan fingerprint density at radius 1 is 1.41 bits per heavy atom.